The Balaban J connectivity index is 2.37. The van der Waals surface area contributed by atoms with Crippen LogP contribution in [0.5, 0.6) is 0 Å². The van der Waals surface area contributed by atoms with Gasteiger partial charge in [-0.3, -0.25) is 0 Å². The second-order valence-corrected chi connectivity index (χ2v) is 5.23. The lowest BCUT2D eigenvalue weighted by molar-refractivity contribution is 0.623. The van der Waals surface area contributed by atoms with Crippen LogP contribution in [0.15, 0.2) is 24.3 Å². The molecule has 0 N–H and O–H groups in total. The minimum absolute atomic E-state index is 0.727. The van der Waals surface area contributed by atoms with Crippen LogP contribution in [0, 0.1) is 5.92 Å². The second-order valence-electron chi connectivity index (χ2n) is 3.98. The molecule has 1 aliphatic heterocycles. The molecule has 0 nitrogen and oxygen atoms in total. The summed E-state index contributed by atoms with van der Waals surface area (Å²) >= 11 is 2.11. The lowest BCUT2D eigenvalue weighted by atomic mass is 9.95. The second kappa shape index (κ2) is 3.75. The smallest absolute Gasteiger partial charge is 0.0323 e. The molecule has 0 spiro atoms. The van der Waals surface area contributed by atoms with Crippen molar-refractivity contribution in [2.45, 2.75) is 25.5 Å². The number of benzene rings is 1. The van der Waals surface area contributed by atoms with Crippen LogP contribution in [0.3, 0.4) is 0 Å². The fourth-order valence-electron chi connectivity index (χ4n) is 1.98. The maximum Gasteiger partial charge on any atom is 0.0323 e. The van der Waals surface area contributed by atoms with Crippen molar-refractivity contribution in [3.63, 3.8) is 0 Å². The summed E-state index contributed by atoms with van der Waals surface area (Å²) < 4.78 is 0. The third kappa shape index (κ3) is 1.76. The highest BCUT2D eigenvalue weighted by molar-refractivity contribution is 7.99. The van der Waals surface area contributed by atoms with Gasteiger partial charge in [-0.05, 0) is 29.2 Å². The Bertz CT molecular complexity index is 291. The largest absolute Gasteiger partial charge is 0.153 e. The first-order valence-electron chi connectivity index (χ1n) is 4.98. The Morgan fingerprint density at radius 3 is 2.85 bits per heavy atom. The molecule has 2 rings (SSSR count). The Morgan fingerprint density at radius 2 is 2.08 bits per heavy atom. The minimum atomic E-state index is 0.727. The van der Waals surface area contributed by atoms with E-state index in [1.165, 1.54) is 12.2 Å². The predicted octanol–water partition coefficient (Wildman–Crippen LogP) is 3.67. The van der Waals surface area contributed by atoms with Crippen molar-refractivity contribution in [3.05, 3.63) is 35.4 Å². The van der Waals surface area contributed by atoms with E-state index < -0.39 is 0 Å². The molecule has 1 aliphatic rings. The van der Waals surface area contributed by atoms with Crippen molar-refractivity contribution >= 4 is 11.8 Å². The first-order valence-corrected chi connectivity index (χ1v) is 6.03. The Kier molecular flexibility index (Phi) is 2.63. The van der Waals surface area contributed by atoms with Crippen molar-refractivity contribution in [1.29, 1.82) is 0 Å². The summed E-state index contributed by atoms with van der Waals surface area (Å²) in [5, 5.41) is 0.727. The summed E-state index contributed by atoms with van der Waals surface area (Å²) in [4.78, 5) is 0. The standard InChI is InChI=1S/C12H16S/c1-9(2)12-11-6-4-3-5-10(11)7-8-13-12/h3-6,9,12H,7-8H2,1-2H3. The zero-order valence-corrected chi connectivity index (χ0v) is 9.10. The predicted molar refractivity (Wildman–Crippen MR) is 60.2 cm³/mol. The molecular weight excluding hydrogens is 176 g/mol. The fraction of sp³-hybridized carbons (Fsp3) is 0.500. The average molecular weight is 192 g/mol. The molecule has 0 saturated heterocycles. The Morgan fingerprint density at radius 1 is 1.31 bits per heavy atom. The van der Waals surface area contributed by atoms with Crippen LogP contribution in [-0.4, -0.2) is 5.75 Å². The van der Waals surface area contributed by atoms with Crippen molar-refractivity contribution in [3.8, 4) is 0 Å². The van der Waals surface area contributed by atoms with Gasteiger partial charge in [-0.15, -0.1) is 0 Å². The van der Waals surface area contributed by atoms with Crippen LogP contribution < -0.4 is 0 Å². The summed E-state index contributed by atoms with van der Waals surface area (Å²) in [6.45, 7) is 4.64. The topological polar surface area (TPSA) is 0 Å². The maximum atomic E-state index is 2.32. The summed E-state index contributed by atoms with van der Waals surface area (Å²) in [6, 6.07) is 8.91. The van der Waals surface area contributed by atoms with Gasteiger partial charge in [0.15, 0.2) is 0 Å². The van der Waals surface area contributed by atoms with Crippen LogP contribution in [0.25, 0.3) is 0 Å². The SMILES string of the molecule is CC(C)C1SCCc2ccccc21. The normalized spacial score (nSPS) is 21.6. The molecule has 70 valence electrons. The first kappa shape index (κ1) is 9.14. The van der Waals surface area contributed by atoms with Crippen molar-refractivity contribution in [2.75, 3.05) is 5.75 Å². The number of rotatable bonds is 1. The van der Waals surface area contributed by atoms with E-state index in [9.17, 15) is 0 Å². The molecule has 0 saturated carbocycles. The van der Waals surface area contributed by atoms with Gasteiger partial charge in [0.2, 0.25) is 0 Å². The van der Waals surface area contributed by atoms with Crippen molar-refractivity contribution in [1.82, 2.24) is 0 Å². The van der Waals surface area contributed by atoms with Gasteiger partial charge in [-0.2, -0.15) is 11.8 Å². The zero-order chi connectivity index (χ0) is 9.26. The molecule has 0 fully saturated rings. The van der Waals surface area contributed by atoms with Crippen LogP contribution in [0.1, 0.15) is 30.2 Å². The summed E-state index contributed by atoms with van der Waals surface area (Å²) in [7, 11) is 0. The van der Waals surface area contributed by atoms with Crippen LogP contribution in [-0.2, 0) is 6.42 Å². The molecule has 0 aliphatic carbocycles. The third-order valence-corrected chi connectivity index (χ3v) is 4.23. The molecule has 1 unspecified atom stereocenters. The molecule has 1 aromatic rings. The van der Waals surface area contributed by atoms with E-state index in [2.05, 4.69) is 49.9 Å². The van der Waals surface area contributed by atoms with Gasteiger partial charge >= 0.3 is 0 Å². The number of hydrogen-bond acceptors (Lipinski definition) is 1. The molecule has 1 heterocycles. The highest BCUT2D eigenvalue weighted by Gasteiger charge is 2.22. The molecule has 13 heavy (non-hydrogen) atoms. The van der Waals surface area contributed by atoms with Gasteiger partial charge in [0.05, 0.1) is 0 Å². The molecule has 1 heteroatoms. The number of hydrogen-bond donors (Lipinski definition) is 0. The molecule has 0 bridgehead atoms. The molecule has 1 aromatic carbocycles. The van der Waals surface area contributed by atoms with Gasteiger partial charge in [0.1, 0.15) is 0 Å². The van der Waals surface area contributed by atoms with Crippen LogP contribution in [0.2, 0.25) is 0 Å². The molecule has 1 atom stereocenters. The highest BCUT2D eigenvalue weighted by Crippen LogP contribution is 2.41. The van der Waals surface area contributed by atoms with E-state index in [1.807, 2.05) is 0 Å². The molecule has 0 amide bonds. The van der Waals surface area contributed by atoms with Crippen molar-refractivity contribution in [2.24, 2.45) is 5.92 Å². The number of fused-ring (bicyclic) bond motifs is 1. The van der Waals surface area contributed by atoms with E-state index in [1.54, 1.807) is 11.1 Å². The lowest BCUT2D eigenvalue weighted by Gasteiger charge is -2.27. The van der Waals surface area contributed by atoms with E-state index in [0.29, 0.717) is 0 Å². The van der Waals surface area contributed by atoms with Gasteiger partial charge in [-0.25, -0.2) is 0 Å². The monoisotopic (exact) mass is 192 g/mol. The average Bonchev–Trinajstić information content (AvgIpc) is 2.17. The summed E-state index contributed by atoms with van der Waals surface area (Å²) in [5.41, 5.74) is 3.15. The number of aryl methyl sites for hydroxylation is 1. The minimum Gasteiger partial charge on any atom is -0.153 e. The van der Waals surface area contributed by atoms with Crippen LogP contribution >= 0.6 is 11.8 Å². The molecular formula is C12H16S. The lowest BCUT2D eigenvalue weighted by Crippen LogP contribution is -2.12. The first-order chi connectivity index (χ1) is 6.29. The zero-order valence-electron chi connectivity index (χ0n) is 8.29. The number of thioether (sulfide) groups is 1. The Hall–Kier alpha value is -0.430. The summed E-state index contributed by atoms with van der Waals surface area (Å²) in [6.07, 6.45) is 1.25. The Labute approximate surface area is 84.7 Å². The van der Waals surface area contributed by atoms with E-state index in [4.69, 9.17) is 0 Å². The maximum absolute atomic E-state index is 2.32. The van der Waals surface area contributed by atoms with E-state index in [-0.39, 0.29) is 0 Å². The van der Waals surface area contributed by atoms with E-state index >= 15 is 0 Å². The van der Waals surface area contributed by atoms with Crippen molar-refractivity contribution < 1.29 is 0 Å². The molecule has 0 radical (unpaired) electrons. The van der Waals surface area contributed by atoms with Gasteiger partial charge < -0.3 is 0 Å². The third-order valence-electron chi connectivity index (χ3n) is 2.64. The summed E-state index contributed by atoms with van der Waals surface area (Å²) in [5.74, 6) is 2.05. The van der Waals surface area contributed by atoms with Gasteiger partial charge in [0, 0.05) is 5.25 Å². The van der Waals surface area contributed by atoms with E-state index in [0.717, 1.165) is 11.2 Å². The molecule has 0 aromatic heterocycles. The fourth-order valence-corrected chi connectivity index (χ4v) is 3.36. The van der Waals surface area contributed by atoms with Gasteiger partial charge in [0.25, 0.3) is 0 Å². The quantitative estimate of drug-likeness (QED) is 0.654. The van der Waals surface area contributed by atoms with Gasteiger partial charge in [-0.1, -0.05) is 38.1 Å². The highest BCUT2D eigenvalue weighted by atomic mass is 32.2. The van der Waals surface area contributed by atoms with Crippen LogP contribution in [0.4, 0.5) is 0 Å².